The van der Waals surface area contributed by atoms with Crippen molar-refractivity contribution >= 4 is 23.0 Å². The molecule has 1 aliphatic heterocycles. The molecule has 0 amide bonds. The Hall–Kier alpha value is -2.18. The highest BCUT2D eigenvalue weighted by atomic mass is 16.4. The molecule has 1 N–H and O–H groups in total. The van der Waals surface area contributed by atoms with Gasteiger partial charge in [-0.15, -0.1) is 0 Å². The van der Waals surface area contributed by atoms with Crippen LogP contribution in [0.3, 0.4) is 0 Å². The summed E-state index contributed by atoms with van der Waals surface area (Å²) in [6, 6.07) is -0.614. The highest BCUT2D eigenvalue weighted by molar-refractivity contribution is 5.86. The summed E-state index contributed by atoms with van der Waals surface area (Å²) >= 11 is 0. The average Bonchev–Trinajstić information content (AvgIpc) is 2.97. The highest BCUT2D eigenvalue weighted by Crippen LogP contribution is 2.27. The number of aliphatic carboxylic acids is 1. The molecule has 1 unspecified atom stereocenters. The lowest BCUT2D eigenvalue weighted by Gasteiger charge is -2.26. The lowest BCUT2D eigenvalue weighted by Crippen LogP contribution is -2.44. The van der Waals surface area contributed by atoms with Crippen LogP contribution in [0.1, 0.15) is 12.8 Å². The smallest absolute Gasteiger partial charge is 0.182 e. The number of fused-ring (bicyclic) bond motifs is 1. The van der Waals surface area contributed by atoms with Crippen LogP contribution < -0.4 is 10.0 Å². The molecule has 1 fully saturated rings. The number of carboxylic acids is 1. The molecule has 2 aromatic rings. The third-order valence-corrected chi connectivity index (χ3v) is 3.00. The van der Waals surface area contributed by atoms with Gasteiger partial charge in [0.05, 0.1) is 18.3 Å². The van der Waals surface area contributed by atoms with Crippen molar-refractivity contribution in [3.63, 3.8) is 0 Å². The number of rotatable bonds is 2. The maximum Gasteiger partial charge on any atom is 0.182 e. The topological polar surface area (TPSA) is 97.8 Å². The average molecular weight is 232 g/mol. The molecule has 7 heteroatoms. The minimum Gasteiger partial charge on any atom is -0.548 e. The van der Waals surface area contributed by atoms with Crippen molar-refractivity contribution in [3.8, 4) is 0 Å². The van der Waals surface area contributed by atoms with Crippen molar-refractivity contribution < 1.29 is 9.90 Å². The summed E-state index contributed by atoms with van der Waals surface area (Å²) in [5.41, 5.74) is 1.21. The molecule has 0 bridgehead atoms. The molecule has 3 heterocycles. The predicted molar refractivity (Wildman–Crippen MR) is 57.1 cm³/mol. The van der Waals surface area contributed by atoms with Crippen LogP contribution >= 0.6 is 0 Å². The van der Waals surface area contributed by atoms with Crippen LogP contribution in [0.4, 0.5) is 5.82 Å². The first-order valence-corrected chi connectivity index (χ1v) is 5.39. The molecule has 88 valence electrons. The molecule has 1 aliphatic rings. The lowest BCUT2D eigenvalue weighted by atomic mass is 10.2. The number of imidazole rings is 1. The van der Waals surface area contributed by atoms with E-state index in [1.54, 1.807) is 4.90 Å². The van der Waals surface area contributed by atoms with E-state index in [0.717, 1.165) is 6.42 Å². The molecular formula is C10H10N5O2-. The number of nitrogens with one attached hydrogen (secondary N) is 1. The second-order valence-corrected chi connectivity index (χ2v) is 3.97. The Morgan fingerprint density at radius 3 is 3.18 bits per heavy atom. The number of hydrogen-bond donors (Lipinski definition) is 1. The van der Waals surface area contributed by atoms with Crippen LogP contribution in [0.25, 0.3) is 11.2 Å². The molecule has 1 atom stereocenters. The van der Waals surface area contributed by atoms with E-state index in [1.165, 1.54) is 12.7 Å². The lowest BCUT2D eigenvalue weighted by molar-refractivity contribution is -0.307. The fourth-order valence-corrected chi connectivity index (χ4v) is 2.24. The molecule has 0 spiro atoms. The van der Waals surface area contributed by atoms with Crippen molar-refractivity contribution in [1.29, 1.82) is 0 Å². The van der Waals surface area contributed by atoms with E-state index >= 15 is 0 Å². The number of nitrogens with zero attached hydrogens (tertiary/aromatic N) is 4. The Balaban J connectivity index is 2.08. The Morgan fingerprint density at radius 2 is 2.35 bits per heavy atom. The van der Waals surface area contributed by atoms with Gasteiger partial charge in [0.15, 0.2) is 11.5 Å². The number of aromatic nitrogens is 4. The van der Waals surface area contributed by atoms with Crippen LogP contribution in [0.15, 0.2) is 12.7 Å². The van der Waals surface area contributed by atoms with E-state index in [0.29, 0.717) is 29.9 Å². The minimum atomic E-state index is -1.06. The van der Waals surface area contributed by atoms with Crippen LogP contribution in [0, 0.1) is 0 Å². The van der Waals surface area contributed by atoms with E-state index in [4.69, 9.17) is 0 Å². The molecule has 0 aromatic carbocycles. The van der Waals surface area contributed by atoms with Crippen molar-refractivity contribution in [3.05, 3.63) is 12.7 Å². The largest absolute Gasteiger partial charge is 0.548 e. The standard InChI is InChI=1S/C10H11N5O2/c16-10(17)6-2-1-3-15(6)9-7-8(12-4-11-7)13-5-14-9/h4-6H,1-3H2,(H,16,17)(H,11,12,13,14)/p-1. The SMILES string of the molecule is O=C([O-])C1CCCN1c1ncnc2nc[nH]c12. The maximum atomic E-state index is 11.0. The maximum absolute atomic E-state index is 11.0. The van der Waals surface area contributed by atoms with Gasteiger partial charge in [-0.25, -0.2) is 15.0 Å². The van der Waals surface area contributed by atoms with E-state index in [2.05, 4.69) is 19.9 Å². The van der Waals surface area contributed by atoms with Gasteiger partial charge < -0.3 is 19.8 Å². The van der Waals surface area contributed by atoms with Gasteiger partial charge in [-0.3, -0.25) is 0 Å². The van der Waals surface area contributed by atoms with Gasteiger partial charge in [0.25, 0.3) is 0 Å². The number of carboxylic acid groups (broad SMARTS) is 1. The van der Waals surface area contributed by atoms with Crippen molar-refractivity contribution in [2.45, 2.75) is 18.9 Å². The summed E-state index contributed by atoms with van der Waals surface area (Å²) in [4.78, 5) is 27.9. The van der Waals surface area contributed by atoms with Gasteiger partial charge in [0, 0.05) is 6.54 Å². The third kappa shape index (κ3) is 1.50. The first-order chi connectivity index (χ1) is 8.27. The summed E-state index contributed by atoms with van der Waals surface area (Å²) in [5.74, 6) is -0.479. The summed E-state index contributed by atoms with van der Waals surface area (Å²) in [5, 5.41) is 11.0. The zero-order valence-electron chi connectivity index (χ0n) is 8.96. The third-order valence-electron chi connectivity index (χ3n) is 3.00. The predicted octanol–water partition coefficient (Wildman–Crippen LogP) is -0.928. The van der Waals surface area contributed by atoms with Gasteiger partial charge in [0.2, 0.25) is 0 Å². The van der Waals surface area contributed by atoms with E-state index in [9.17, 15) is 9.90 Å². The zero-order valence-corrected chi connectivity index (χ0v) is 8.96. The molecule has 7 nitrogen and oxygen atoms in total. The van der Waals surface area contributed by atoms with Crippen LogP contribution in [0.2, 0.25) is 0 Å². The summed E-state index contributed by atoms with van der Waals surface area (Å²) < 4.78 is 0. The van der Waals surface area contributed by atoms with E-state index in [1.807, 2.05) is 0 Å². The van der Waals surface area contributed by atoms with Crippen molar-refractivity contribution in [2.24, 2.45) is 0 Å². The molecular weight excluding hydrogens is 222 g/mol. The second-order valence-electron chi connectivity index (χ2n) is 3.97. The van der Waals surface area contributed by atoms with Crippen molar-refractivity contribution in [2.75, 3.05) is 11.4 Å². The Labute approximate surface area is 96.5 Å². The summed E-state index contributed by atoms with van der Waals surface area (Å²) in [7, 11) is 0. The quantitative estimate of drug-likeness (QED) is 0.718. The molecule has 1 saturated heterocycles. The summed E-state index contributed by atoms with van der Waals surface area (Å²) in [6.45, 7) is 0.657. The van der Waals surface area contributed by atoms with Gasteiger partial charge in [-0.05, 0) is 12.8 Å². The van der Waals surface area contributed by atoms with Gasteiger partial charge in [0.1, 0.15) is 11.8 Å². The molecule has 0 radical (unpaired) electrons. The van der Waals surface area contributed by atoms with Crippen LogP contribution in [0.5, 0.6) is 0 Å². The van der Waals surface area contributed by atoms with Crippen LogP contribution in [-0.4, -0.2) is 38.5 Å². The molecule has 0 saturated carbocycles. The Morgan fingerprint density at radius 1 is 1.47 bits per heavy atom. The molecule has 2 aromatic heterocycles. The van der Waals surface area contributed by atoms with Gasteiger partial charge in [-0.2, -0.15) is 0 Å². The van der Waals surface area contributed by atoms with Crippen LogP contribution in [-0.2, 0) is 4.79 Å². The first kappa shape index (κ1) is 10.0. The van der Waals surface area contributed by atoms with E-state index in [-0.39, 0.29) is 0 Å². The van der Waals surface area contributed by atoms with Crippen molar-refractivity contribution in [1.82, 2.24) is 19.9 Å². The second kappa shape index (κ2) is 3.69. The number of hydrogen-bond acceptors (Lipinski definition) is 6. The van der Waals surface area contributed by atoms with Gasteiger partial charge >= 0.3 is 0 Å². The fourth-order valence-electron chi connectivity index (χ4n) is 2.24. The number of aromatic amines is 1. The molecule has 3 rings (SSSR count). The Bertz CT molecular complexity index is 567. The number of H-pyrrole nitrogens is 1. The number of anilines is 1. The number of carbonyl (C=O) groups is 1. The van der Waals surface area contributed by atoms with Gasteiger partial charge in [-0.1, -0.05) is 0 Å². The monoisotopic (exact) mass is 232 g/mol. The Kier molecular flexibility index (Phi) is 2.17. The highest BCUT2D eigenvalue weighted by Gasteiger charge is 2.28. The fraction of sp³-hybridized carbons (Fsp3) is 0.400. The normalized spacial score (nSPS) is 20.0. The molecule has 0 aliphatic carbocycles. The zero-order chi connectivity index (χ0) is 11.8. The number of carbonyl (C=O) groups excluding carboxylic acids is 1. The molecule has 17 heavy (non-hydrogen) atoms. The van der Waals surface area contributed by atoms with E-state index < -0.39 is 12.0 Å². The minimum absolute atomic E-state index is 0.541. The summed E-state index contributed by atoms with van der Waals surface area (Å²) in [6.07, 6.45) is 4.32. The first-order valence-electron chi connectivity index (χ1n) is 5.39.